The fourth-order valence-corrected chi connectivity index (χ4v) is 2.20. The van der Waals surface area contributed by atoms with E-state index in [0.29, 0.717) is 17.1 Å². The quantitative estimate of drug-likeness (QED) is 0.432. The van der Waals surface area contributed by atoms with E-state index in [1.165, 1.54) is 18.2 Å². The molecule has 0 fully saturated rings. The molecule has 0 aliphatic rings. The molecule has 1 aromatic carbocycles. The Morgan fingerprint density at radius 1 is 1.24 bits per heavy atom. The van der Waals surface area contributed by atoms with E-state index in [0.717, 1.165) is 5.56 Å². The summed E-state index contributed by atoms with van der Waals surface area (Å²) in [7, 11) is -4.47. The molecule has 7 heteroatoms. The number of pyridine rings is 1. The van der Waals surface area contributed by atoms with Crippen molar-refractivity contribution in [2.45, 2.75) is 18.7 Å². The topological polar surface area (TPSA) is 82.5 Å². The minimum absolute atomic E-state index is 0. The van der Waals surface area contributed by atoms with Crippen LogP contribution in [0.4, 0.5) is 5.69 Å². The summed E-state index contributed by atoms with van der Waals surface area (Å²) >= 11 is 0. The van der Waals surface area contributed by atoms with Crippen LogP contribution in [0, 0.1) is 6.92 Å². The Balaban J connectivity index is 0.00000220. The van der Waals surface area contributed by atoms with Gasteiger partial charge in [0.15, 0.2) is 0 Å². The molecule has 0 aliphatic carbocycles. The summed E-state index contributed by atoms with van der Waals surface area (Å²) in [6.45, 7) is 3.73. The maximum absolute atomic E-state index is 11.0. The number of nitrogens with zero attached hydrogens (tertiary/aromatic N) is 2. The third kappa shape index (κ3) is 5.01. The Hall–Kier alpha value is -1.05. The fourth-order valence-electron chi connectivity index (χ4n) is 1.69. The van der Waals surface area contributed by atoms with Crippen molar-refractivity contribution in [1.29, 1.82) is 0 Å². The second-order valence-corrected chi connectivity index (χ2v) is 5.75. The number of hydrogen-bond acceptors (Lipinski definition) is 5. The molecular formula is C14H13N2NaO3S. The molecule has 2 rings (SSSR count). The normalized spacial score (nSPS) is 11.9. The summed E-state index contributed by atoms with van der Waals surface area (Å²) in [6.07, 6.45) is 1.68. The van der Waals surface area contributed by atoms with Crippen LogP contribution in [-0.2, 0) is 10.1 Å². The van der Waals surface area contributed by atoms with E-state index in [1.54, 1.807) is 19.2 Å². The molecule has 0 spiro atoms. The minimum Gasteiger partial charge on any atom is -0.744 e. The fraction of sp³-hybridized carbons (Fsp3) is 0.143. The molecule has 0 unspecified atom stereocenters. The van der Waals surface area contributed by atoms with Crippen molar-refractivity contribution in [3.63, 3.8) is 0 Å². The molecule has 1 heterocycles. The van der Waals surface area contributed by atoms with E-state index in [9.17, 15) is 13.0 Å². The predicted molar refractivity (Wildman–Crippen MR) is 75.3 cm³/mol. The van der Waals surface area contributed by atoms with Gasteiger partial charge in [0, 0.05) is 6.20 Å². The van der Waals surface area contributed by atoms with Gasteiger partial charge >= 0.3 is 29.6 Å². The SMILES string of the molecule is CC(=Nc1cccc(S(=O)(=O)[O-])c1)c1cc(C)ccn1.[Na+]. The van der Waals surface area contributed by atoms with Crippen molar-refractivity contribution >= 4 is 21.5 Å². The number of benzene rings is 1. The Kier molecular flexibility index (Phi) is 6.24. The van der Waals surface area contributed by atoms with E-state index in [2.05, 4.69) is 9.98 Å². The van der Waals surface area contributed by atoms with Crippen LogP contribution < -0.4 is 29.6 Å². The average Bonchev–Trinajstić information content (AvgIpc) is 2.38. The van der Waals surface area contributed by atoms with Crippen molar-refractivity contribution in [1.82, 2.24) is 4.98 Å². The molecular weight excluding hydrogens is 299 g/mol. The van der Waals surface area contributed by atoms with Gasteiger partial charge in [-0.1, -0.05) is 6.07 Å². The third-order valence-corrected chi connectivity index (χ3v) is 3.52. The van der Waals surface area contributed by atoms with Crippen molar-refractivity contribution in [2.75, 3.05) is 0 Å². The van der Waals surface area contributed by atoms with E-state index in [-0.39, 0.29) is 34.5 Å². The molecule has 0 saturated carbocycles. The van der Waals surface area contributed by atoms with E-state index in [4.69, 9.17) is 0 Å². The van der Waals surface area contributed by atoms with Crippen LogP contribution >= 0.6 is 0 Å². The van der Waals surface area contributed by atoms with Gasteiger partial charge in [-0.05, 0) is 49.7 Å². The van der Waals surface area contributed by atoms with Crippen LogP contribution in [-0.4, -0.2) is 23.7 Å². The first-order chi connectivity index (χ1) is 9.36. The Morgan fingerprint density at radius 3 is 2.57 bits per heavy atom. The van der Waals surface area contributed by atoms with E-state index < -0.39 is 10.1 Å². The van der Waals surface area contributed by atoms with E-state index >= 15 is 0 Å². The van der Waals surface area contributed by atoms with Gasteiger partial charge in [0.05, 0.1) is 22.0 Å². The van der Waals surface area contributed by atoms with Gasteiger partial charge in [0.25, 0.3) is 0 Å². The van der Waals surface area contributed by atoms with Gasteiger partial charge in [0.2, 0.25) is 0 Å². The molecule has 0 bridgehead atoms. The van der Waals surface area contributed by atoms with Crippen molar-refractivity contribution in [3.05, 3.63) is 53.9 Å². The average molecular weight is 312 g/mol. The standard InChI is InChI=1S/C14H14N2O3S.Na/c1-10-6-7-15-14(8-10)11(2)16-12-4-3-5-13(9-12)20(17,18)19;/h3-9H,1-2H3,(H,17,18,19);/q;+1/p-1. The van der Waals surface area contributed by atoms with Gasteiger partial charge in [-0.15, -0.1) is 0 Å². The summed E-state index contributed by atoms with van der Waals surface area (Å²) in [5.74, 6) is 0. The molecule has 21 heavy (non-hydrogen) atoms. The zero-order valence-electron chi connectivity index (χ0n) is 12.1. The molecule has 0 radical (unpaired) electrons. The largest absolute Gasteiger partial charge is 1.00 e. The van der Waals surface area contributed by atoms with Crippen LogP contribution in [0.5, 0.6) is 0 Å². The number of rotatable bonds is 3. The Morgan fingerprint density at radius 2 is 1.95 bits per heavy atom. The second kappa shape index (κ2) is 7.29. The summed E-state index contributed by atoms with van der Waals surface area (Å²) in [5, 5.41) is 0. The molecule has 0 N–H and O–H groups in total. The van der Waals surface area contributed by atoms with Gasteiger partial charge in [-0.3, -0.25) is 9.98 Å². The maximum Gasteiger partial charge on any atom is 1.00 e. The minimum atomic E-state index is -4.47. The summed E-state index contributed by atoms with van der Waals surface area (Å²) in [4.78, 5) is 8.20. The predicted octanol–water partition coefficient (Wildman–Crippen LogP) is -0.561. The molecule has 2 aromatic rings. The second-order valence-electron chi connectivity index (χ2n) is 4.37. The van der Waals surface area contributed by atoms with Crippen molar-refractivity contribution in [2.24, 2.45) is 4.99 Å². The molecule has 5 nitrogen and oxygen atoms in total. The van der Waals surface area contributed by atoms with Crippen LogP contribution in [0.2, 0.25) is 0 Å². The number of aliphatic imine (C=N–C) groups is 1. The molecule has 0 amide bonds. The van der Waals surface area contributed by atoms with Crippen molar-refractivity contribution < 1.29 is 42.5 Å². The van der Waals surface area contributed by atoms with Crippen LogP contribution in [0.3, 0.4) is 0 Å². The number of aryl methyl sites for hydroxylation is 1. The number of hydrogen-bond donors (Lipinski definition) is 0. The third-order valence-electron chi connectivity index (χ3n) is 2.69. The number of aromatic nitrogens is 1. The van der Waals surface area contributed by atoms with Gasteiger partial charge in [-0.2, -0.15) is 0 Å². The monoisotopic (exact) mass is 312 g/mol. The molecule has 0 atom stereocenters. The van der Waals surface area contributed by atoms with Crippen LogP contribution in [0.25, 0.3) is 0 Å². The maximum atomic E-state index is 11.0. The summed E-state index contributed by atoms with van der Waals surface area (Å²) in [6, 6.07) is 9.38. The first-order valence-electron chi connectivity index (χ1n) is 5.90. The first kappa shape index (κ1) is 18.0. The van der Waals surface area contributed by atoms with Gasteiger partial charge in [-0.25, -0.2) is 8.42 Å². The first-order valence-corrected chi connectivity index (χ1v) is 7.31. The van der Waals surface area contributed by atoms with E-state index in [1.807, 2.05) is 19.1 Å². The molecule has 104 valence electrons. The smallest absolute Gasteiger partial charge is 0.744 e. The molecule has 0 saturated heterocycles. The molecule has 0 aliphatic heterocycles. The van der Waals surface area contributed by atoms with Crippen molar-refractivity contribution in [3.8, 4) is 0 Å². The van der Waals surface area contributed by atoms with Gasteiger partial charge < -0.3 is 4.55 Å². The van der Waals surface area contributed by atoms with Gasteiger partial charge in [0.1, 0.15) is 10.1 Å². The summed E-state index contributed by atoms with van der Waals surface area (Å²) < 4.78 is 32.9. The van der Waals surface area contributed by atoms with Crippen LogP contribution in [0.15, 0.2) is 52.5 Å². The molecule has 1 aromatic heterocycles. The van der Waals surface area contributed by atoms with Crippen LogP contribution in [0.1, 0.15) is 18.2 Å². The Labute approximate surface area is 146 Å². The summed E-state index contributed by atoms with van der Waals surface area (Å²) in [5.41, 5.74) is 2.82. The Bertz CT molecular complexity index is 773. The zero-order valence-corrected chi connectivity index (χ0v) is 14.9. The zero-order chi connectivity index (χ0) is 14.8.